The minimum Gasteiger partial charge on any atom is -0.449 e. The second-order valence-electron chi connectivity index (χ2n) is 7.66. The van der Waals surface area contributed by atoms with Crippen molar-refractivity contribution in [3.05, 3.63) is 24.0 Å². The lowest BCUT2D eigenvalue weighted by atomic mass is 10.0. The SMILES string of the molecule is CCCCOC(=O)N1CCN(c2ccc(N(C)C3CCC(=O)NC3=O)cc2F)CC1. The zero-order valence-electron chi connectivity index (χ0n) is 17.5. The second kappa shape index (κ2) is 9.77. The van der Waals surface area contributed by atoms with Gasteiger partial charge in [-0.25, -0.2) is 9.18 Å². The molecule has 8 nitrogen and oxygen atoms in total. The number of ether oxygens (including phenoxy) is 1. The first-order valence-corrected chi connectivity index (χ1v) is 10.4. The molecule has 2 fully saturated rings. The van der Waals surface area contributed by atoms with E-state index in [1.54, 1.807) is 29.0 Å². The van der Waals surface area contributed by atoms with E-state index in [0.29, 0.717) is 50.6 Å². The van der Waals surface area contributed by atoms with Gasteiger partial charge in [0.2, 0.25) is 11.8 Å². The lowest BCUT2D eigenvalue weighted by Gasteiger charge is -2.36. The van der Waals surface area contributed by atoms with Crippen molar-refractivity contribution >= 4 is 29.3 Å². The van der Waals surface area contributed by atoms with Crippen LogP contribution in [0.15, 0.2) is 18.2 Å². The number of nitrogens with one attached hydrogen (secondary N) is 1. The number of hydrogen-bond donors (Lipinski definition) is 1. The van der Waals surface area contributed by atoms with Crippen molar-refractivity contribution in [3.63, 3.8) is 0 Å². The van der Waals surface area contributed by atoms with E-state index in [1.807, 2.05) is 11.8 Å². The highest BCUT2D eigenvalue weighted by molar-refractivity contribution is 6.01. The zero-order chi connectivity index (χ0) is 21.7. The van der Waals surface area contributed by atoms with Crippen molar-refractivity contribution in [2.75, 3.05) is 49.6 Å². The van der Waals surface area contributed by atoms with Gasteiger partial charge in [-0.05, 0) is 31.0 Å². The van der Waals surface area contributed by atoms with Crippen LogP contribution in [0.25, 0.3) is 0 Å². The first-order chi connectivity index (χ1) is 14.4. The number of benzene rings is 1. The molecule has 1 N–H and O–H groups in total. The van der Waals surface area contributed by atoms with E-state index in [4.69, 9.17) is 4.74 Å². The molecule has 0 spiro atoms. The van der Waals surface area contributed by atoms with Gasteiger partial charge in [0.15, 0.2) is 0 Å². The smallest absolute Gasteiger partial charge is 0.409 e. The number of piperazine rings is 1. The number of unbranched alkanes of at least 4 members (excludes halogenated alkanes) is 1. The Bertz CT molecular complexity index is 795. The molecule has 1 aromatic carbocycles. The van der Waals surface area contributed by atoms with E-state index in [-0.39, 0.29) is 30.1 Å². The van der Waals surface area contributed by atoms with Gasteiger partial charge in [-0.15, -0.1) is 0 Å². The summed E-state index contributed by atoms with van der Waals surface area (Å²) in [6.45, 7) is 4.44. The fourth-order valence-electron chi connectivity index (χ4n) is 3.73. The summed E-state index contributed by atoms with van der Waals surface area (Å²) in [4.78, 5) is 40.7. The molecule has 164 valence electrons. The summed E-state index contributed by atoms with van der Waals surface area (Å²) in [5.41, 5.74) is 1.04. The molecular formula is C21H29FN4O4. The standard InChI is InChI=1S/C21H29FN4O4/c1-3-4-13-30-21(29)26-11-9-25(10-12-26)17-6-5-15(14-16(17)22)24(2)18-7-8-19(27)23-20(18)28/h5-6,14,18H,3-4,7-13H2,1-2H3,(H,23,27,28). The summed E-state index contributed by atoms with van der Waals surface area (Å²) in [5, 5.41) is 2.32. The maximum Gasteiger partial charge on any atom is 0.409 e. The van der Waals surface area contributed by atoms with Crippen LogP contribution in [0.3, 0.4) is 0 Å². The number of rotatable bonds is 6. The molecule has 2 aliphatic rings. The lowest BCUT2D eigenvalue weighted by Crippen LogP contribution is -2.51. The topological polar surface area (TPSA) is 82.2 Å². The molecule has 0 aliphatic carbocycles. The van der Waals surface area contributed by atoms with Crippen molar-refractivity contribution in [2.45, 2.75) is 38.6 Å². The van der Waals surface area contributed by atoms with Gasteiger partial charge in [0.1, 0.15) is 11.9 Å². The van der Waals surface area contributed by atoms with E-state index in [2.05, 4.69) is 5.32 Å². The minimum atomic E-state index is -0.504. The molecule has 0 aromatic heterocycles. The molecule has 30 heavy (non-hydrogen) atoms. The highest BCUT2D eigenvalue weighted by atomic mass is 19.1. The maximum absolute atomic E-state index is 14.9. The van der Waals surface area contributed by atoms with Crippen molar-refractivity contribution in [3.8, 4) is 0 Å². The Morgan fingerprint density at radius 2 is 2.00 bits per heavy atom. The average molecular weight is 420 g/mol. The maximum atomic E-state index is 14.9. The van der Waals surface area contributed by atoms with Gasteiger partial charge in [0, 0.05) is 45.3 Å². The molecule has 0 radical (unpaired) electrons. The molecule has 2 aliphatic heterocycles. The van der Waals surface area contributed by atoms with E-state index >= 15 is 0 Å². The number of likely N-dealkylation sites (N-methyl/N-ethyl adjacent to an activating group) is 1. The van der Waals surface area contributed by atoms with E-state index in [1.165, 1.54) is 6.07 Å². The molecule has 3 amide bonds. The third-order valence-corrected chi connectivity index (χ3v) is 5.62. The number of piperidine rings is 1. The monoisotopic (exact) mass is 420 g/mol. The summed E-state index contributed by atoms with van der Waals surface area (Å²) < 4.78 is 20.1. The normalized spacial score (nSPS) is 19.5. The Kier molecular flexibility index (Phi) is 7.12. The van der Waals surface area contributed by atoms with Crippen LogP contribution in [0.2, 0.25) is 0 Å². The second-order valence-corrected chi connectivity index (χ2v) is 7.66. The van der Waals surface area contributed by atoms with Crippen LogP contribution in [0.5, 0.6) is 0 Å². The minimum absolute atomic E-state index is 0.270. The Morgan fingerprint density at radius 3 is 2.63 bits per heavy atom. The van der Waals surface area contributed by atoms with Crippen molar-refractivity contribution in [1.82, 2.24) is 10.2 Å². The number of nitrogens with zero attached hydrogens (tertiary/aromatic N) is 3. The van der Waals surface area contributed by atoms with Gasteiger partial charge in [-0.3, -0.25) is 14.9 Å². The molecule has 2 saturated heterocycles. The van der Waals surface area contributed by atoms with Crippen LogP contribution in [0.1, 0.15) is 32.6 Å². The van der Waals surface area contributed by atoms with Gasteiger partial charge in [0.05, 0.1) is 12.3 Å². The van der Waals surface area contributed by atoms with Gasteiger partial charge in [-0.2, -0.15) is 0 Å². The van der Waals surface area contributed by atoms with Crippen molar-refractivity contribution in [1.29, 1.82) is 0 Å². The predicted octanol–water partition coefficient (Wildman–Crippen LogP) is 2.13. The largest absolute Gasteiger partial charge is 0.449 e. The Balaban J connectivity index is 1.59. The first kappa shape index (κ1) is 21.9. The molecular weight excluding hydrogens is 391 g/mol. The zero-order valence-corrected chi connectivity index (χ0v) is 17.5. The Labute approximate surface area is 175 Å². The number of halogens is 1. The number of anilines is 2. The van der Waals surface area contributed by atoms with E-state index in [9.17, 15) is 18.8 Å². The first-order valence-electron chi connectivity index (χ1n) is 10.4. The summed E-state index contributed by atoms with van der Waals surface area (Å²) in [5.74, 6) is -1.02. The number of carbonyl (C=O) groups excluding carboxylic acids is 3. The summed E-state index contributed by atoms with van der Waals surface area (Å²) in [6.07, 6.45) is 2.17. The van der Waals surface area contributed by atoms with Crippen molar-refractivity contribution in [2.24, 2.45) is 0 Å². The average Bonchev–Trinajstić information content (AvgIpc) is 2.73. The summed E-state index contributed by atoms with van der Waals surface area (Å²) >= 11 is 0. The van der Waals surface area contributed by atoms with E-state index in [0.717, 1.165) is 12.8 Å². The van der Waals surface area contributed by atoms with Gasteiger partial charge in [0.25, 0.3) is 0 Å². The van der Waals surface area contributed by atoms with Crippen LogP contribution < -0.4 is 15.1 Å². The quantitative estimate of drug-likeness (QED) is 0.561. The summed E-state index contributed by atoms with van der Waals surface area (Å²) in [7, 11) is 1.72. The van der Waals surface area contributed by atoms with Crippen molar-refractivity contribution < 1.29 is 23.5 Å². The molecule has 0 bridgehead atoms. The van der Waals surface area contributed by atoms with Gasteiger partial charge in [-0.1, -0.05) is 13.3 Å². The highest BCUT2D eigenvalue weighted by Gasteiger charge is 2.30. The number of imide groups is 1. The number of hydrogen-bond acceptors (Lipinski definition) is 6. The predicted molar refractivity (Wildman–Crippen MR) is 111 cm³/mol. The highest BCUT2D eigenvalue weighted by Crippen LogP contribution is 2.27. The fourth-order valence-corrected chi connectivity index (χ4v) is 3.73. The molecule has 1 atom stereocenters. The van der Waals surface area contributed by atoms with Crippen LogP contribution >= 0.6 is 0 Å². The molecule has 3 rings (SSSR count). The van der Waals surface area contributed by atoms with Crippen LogP contribution in [0.4, 0.5) is 20.6 Å². The number of amides is 3. The lowest BCUT2D eigenvalue weighted by molar-refractivity contribution is -0.134. The number of carbonyl (C=O) groups is 3. The third kappa shape index (κ3) is 5.01. The molecule has 2 heterocycles. The van der Waals surface area contributed by atoms with Gasteiger partial charge >= 0.3 is 6.09 Å². The van der Waals surface area contributed by atoms with Crippen LogP contribution in [-0.2, 0) is 14.3 Å². The Morgan fingerprint density at radius 1 is 1.27 bits per heavy atom. The third-order valence-electron chi connectivity index (χ3n) is 5.62. The van der Waals surface area contributed by atoms with E-state index < -0.39 is 6.04 Å². The van der Waals surface area contributed by atoms with Crippen LogP contribution in [0, 0.1) is 5.82 Å². The molecule has 1 unspecified atom stereocenters. The molecule has 1 aromatic rings. The molecule has 9 heteroatoms. The van der Waals surface area contributed by atoms with Crippen LogP contribution in [-0.4, -0.2) is 68.7 Å². The molecule has 0 saturated carbocycles. The fraction of sp³-hybridized carbons (Fsp3) is 0.571. The summed E-state index contributed by atoms with van der Waals surface area (Å²) in [6, 6.07) is 4.37. The van der Waals surface area contributed by atoms with Gasteiger partial charge < -0.3 is 19.4 Å². The Hall–Kier alpha value is -2.84.